The Morgan fingerprint density at radius 2 is 1.85 bits per heavy atom. The van der Waals surface area contributed by atoms with Crippen molar-refractivity contribution in [3.8, 4) is 17.0 Å². The van der Waals surface area contributed by atoms with Crippen LogP contribution in [-0.4, -0.2) is 26.7 Å². The minimum Gasteiger partial charge on any atom is -0.494 e. The maximum Gasteiger partial charge on any atom is 0.276 e. The maximum atomic E-state index is 13.0. The van der Waals surface area contributed by atoms with Gasteiger partial charge in [-0.2, -0.15) is 5.10 Å². The molecular weight excluding hydrogens is 428 g/mol. The van der Waals surface area contributed by atoms with Gasteiger partial charge in [-0.15, -0.1) is 0 Å². The lowest BCUT2D eigenvalue weighted by Gasteiger charge is -2.11. The van der Waals surface area contributed by atoms with Gasteiger partial charge < -0.3 is 14.6 Å². The molecule has 0 saturated heterocycles. The van der Waals surface area contributed by atoms with Gasteiger partial charge in [-0.3, -0.25) is 9.59 Å². The summed E-state index contributed by atoms with van der Waals surface area (Å²) >= 11 is 0. The third-order valence-electron chi connectivity index (χ3n) is 5.80. The Morgan fingerprint density at radius 3 is 2.59 bits per heavy atom. The monoisotopic (exact) mass is 458 g/mol. The van der Waals surface area contributed by atoms with Gasteiger partial charge in [-0.25, -0.2) is 4.52 Å². The van der Waals surface area contributed by atoms with Crippen molar-refractivity contribution in [1.82, 2.24) is 19.5 Å². The molecule has 0 fully saturated rings. The van der Waals surface area contributed by atoms with Gasteiger partial charge in [-0.1, -0.05) is 56.3 Å². The van der Waals surface area contributed by atoms with Crippen molar-refractivity contribution in [1.29, 1.82) is 0 Å². The number of aromatic nitrogens is 3. The topological polar surface area (TPSA) is 77.6 Å². The average molecular weight is 459 g/mol. The largest absolute Gasteiger partial charge is 0.494 e. The third-order valence-corrected chi connectivity index (χ3v) is 5.80. The van der Waals surface area contributed by atoms with Crippen LogP contribution >= 0.6 is 0 Å². The predicted octanol–water partition coefficient (Wildman–Crippen LogP) is 4.39. The summed E-state index contributed by atoms with van der Waals surface area (Å²) in [6, 6.07) is 17.7. The summed E-state index contributed by atoms with van der Waals surface area (Å²) < 4.78 is 8.74. The van der Waals surface area contributed by atoms with Crippen molar-refractivity contribution >= 4 is 11.4 Å². The van der Waals surface area contributed by atoms with Crippen molar-refractivity contribution in [2.24, 2.45) is 0 Å². The molecule has 0 aliphatic rings. The fraction of sp³-hybridized carbons (Fsp3) is 0.296. The molecule has 1 N–H and O–H groups in total. The molecule has 0 atom stereocenters. The van der Waals surface area contributed by atoms with E-state index in [0.29, 0.717) is 24.6 Å². The molecule has 34 heavy (non-hydrogen) atoms. The number of nitrogens with one attached hydrogen (secondary N) is 1. The van der Waals surface area contributed by atoms with E-state index in [4.69, 9.17) is 4.74 Å². The highest BCUT2D eigenvalue weighted by Crippen LogP contribution is 2.22. The van der Waals surface area contributed by atoms with Gasteiger partial charge in [-0.05, 0) is 30.5 Å². The number of hydrogen-bond acceptors (Lipinski definition) is 4. The third kappa shape index (κ3) is 5.20. The lowest BCUT2D eigenvalue weighted by molar-refractivity contribution is -0.121. The Morgan fingerprint density at radius 1 is 1.09 bits per heavy atom. The molecule has 2 aromatic heterocycles. The van der Waals surface area contributed by atoms with Crippen LogP contribution in [0.5, 0.6) is 5.75 Å². The zero-order valence-corrected chi connectivity index (χ0v) is 19.8. The smallest absolute Gasteiger partial charge is 0.276 e. The van der Waals surface area contributed by atoms with Crippen LogP contribution in [-0.2, 0) is 17.9 Å². The Kier molecular flexibility index (Phi) is 7.11. The van der Waals surface area contributed by atoms with Crippen molar-refractivity contribution < 1.29 is 9.53 Å². The Bertz CT molecular complexity index is 1340. The van der Waals surface area contributed by atoms with Crippen LogP contribution in [0.4, 0.5) is 0 Å². The first-order chi connectivity index (χ1) is 16.5. The normalized spacial score (nSPS) is 11.2. The van der Waals surface area contributed by atoms with Gasteiger partial charge >= 0.3 is 0 Å². The molecule has 176 valence electrons. The van der Waals surface area contributed by atoms with Crippen LogP contribution in [0, 0.1) is 0 Å². The Balaban J connectivity index is 1.42. The SMILES string of the molecule is CCOc1ccccc1CNC(=O)CCn1ccn2nc(-c3ccc(C(C)C)cc3)cc2c1=O. The summed E-state index contributed by atoms with van der Waals surface area (Å²) in [4.78, 5) is 25.4. The quantitative estimate of drug-likeness (QED) is 0.404. The highest BCUT2D eigenvalue weighted by Gasteiger charge is 2.11. The van der Waals surface area contributed by atoms with E-state index in [2.05, 4.69) is 36.4 Å². The zero-order chi connectivity index (χ0) is 24.1. The number of carbonyl (C=O) groups is 1. The Hall–Kier alpha value is -3.87. The van der Waals surface area contributed by atoms with E-state index in [-0.39, 0.29) is 24.4 Å². The first-order valence-corrected chi connectivity index (χ1v) is 11.6. The van der Waals surface area contributed by atoms with Crippen molar-refractivity contribution in [3.05, 3.63) is 88.5 Å². The van der Waals surface area contributed by atoms with Crippen LogP contribution < -0.4 is 15.6 Å². The van der Waals surface area contributed by atoms with E-state index in [1.807, 2.05) is 43.3 Å². The minimum atomic E-state index is -0.172. The molecule has 0 unspecified atom stereocenters. The van der Waals surface area contributed by atoms with E-state index < -0.39 is 0 Å². The fourth-order valence-corrected chi connectivity index (χ4v) is 3.83. The van der Waals surface area contributed by atoms with Crippen LogP contribution in [0.25, 0.3) is 16.8 Å². The molecule has 2 heterocycles. The number of para-hydroxylation sites is 1. The summed E-state index contributed by atoms with van der Waals surface area (Å²) in [5, 5.41) is 7.46. The van der Waals surface area contributed by atoms with E-state index in [1.54, 1.807) is 27.5 Å². The van der Waals surface area contributed by atoms with Crippen molar-refractivity contribution in [2.45, 2.75) is 46.2 Å². The summed E-state index contributed by atoms with van der Waals surface area (Å²) in [5.41, 5.74) is 4.20. The van der Waals surface area contributed by atoms with Crippen molar-refractivity contribution in [3.63, 3.8) is 0 Å². The second-order valence-corrected chi connectivity index (χ2v) is 8.50. The minimum absolute atomic E-state index is 0.127. The number of hydrogen-bond donors (Lipinski definition) is 1. The highest BCUT2D eigenvalue weighted by molar-refractivity contribution is 5.76. The number of aryl methyl sites for hydroxylation is 1. The molecule has 7 heteroatoms. The molecule has 0 radical (unpaired) electrons. The maximum absolute atomic E-state index is 13.0. The zero-order valence-electron chi connectivity index (χ0n) is 19.8. The van der Waals surface area contributed by atoms with E-state index in [9.17, 15) is 9.59 Å². The molecule has 1 amide bonds. The lowest BCUT2D eigenvalue weighted by atomic mass is 10.0. The number of benzene rings is 2. The summed E-state index contributed by atoms with van der Waals surface area (Å²) in [7, 11) is 0. The van der Waals surface area contributed by atoms with E-state index in [1.165, 1.54) is 5.56 Å². The molecular formula is C27H30N4O3. The number of fused-ring (bicyclic) bond motifs is 1. The second-order valence-electron chi connectivity index (χ2n) is 8.50. The summed E-state index contributed by atoms with van der Waals surface area (Å²) in [6.07, 6.45) is 3.62. The van der Waals surface area contributed by atoms with Gasteiger partial charge in [0.2, 0.25) is 5.91 Å². The van der Waals surface area contributed by atoms with Gasteiger partial charge in [0, 0.05) is 43.0 Å². The average Bonchev–Trinajstić information content (AvgIpc) is 3.29. The number of ether oxygens (including phenoxy) is 1. The van der Waals surface area contributed by atoms with Gasteiger partial charge in [0.1, 0.15) is 11.3 Å². The summed E-state index contributed by atoms with van der Waals surface area (Å²) in [6.45, 7) is 7.47. The first-order valence-electron chi connectivity index (χ1n) is 11.6. The van der Waals surface area contributed by atoms with E-state index >= 15 is 0 Å². The lowest BCUT2D eigenvalue weighted by Crippen LogP contribution is -2.27. The molecule has 0 aliphatic carbocycles. The molecule has 4 rings (SSSR count). The number of rotatable bonds is 9. The number of amides is 1. The fourth-order valence-electron chi connectivity index (χ4n) is 3.83. The molecule has 0 bridgehead atoms. The molecule has 0 spiro atoms. The molecule has 2 aromatic carbocycles. The highest BCUT2D eigenvalue weighted by atomic mass is 16.5. The predicted molar refractivity (Wildman–Crippen MR) is 133 cm³/mol. The van der Waals surface area contributed by atoms with Crippen LogP contribution in [0.1, 0.15) is 44.2 Å². The van der Waals surface area contributed by atoms with Gasteiger partial charge in [0.25, 0.3) is 5.56 Å². The van der Waals surface area contributed by atoms with Crippen molar-refractivity contribution in [2.75, 3.05) is 6.61 Å². The first kappa shape index (κ1) is 23.3. The Labute approximate surface area is 199 Å². The molecule has 0 aliphatic heterocycles. The van der Waals surface area contributed by atoms with Crippen LogP contribution in [0.15, 0.2) is 71.8 Å². The van der Waals surface area contributed by atoms with Gasteiger partial charge in [0.05, 0.1) is 12.3 Å². The summed E-state index contributed by atoms with van der Waals surface area (Å²) in [5.74, 6) is 1.10. The van der Waals surface area contributed by atoms with Crippen LogP contribution in [0.3, 0.4) is 0 Å². The van der Waals surface area contributed by atoms with Crippen LogP contribution in [0.2, 0.25) is 0 Å². The molecule has 7 nitrogen and oxygen atoms in total. The second kappa shape index (κ2) is 10.4. The number of carbonyl (C=O) groups excluding carboxylic acids is 1. The van der Waals surface area contributed by atoms with Gasteiger partial charge in [0.15, 0.2) is 0 Å². The molecule has 4 aromatic rings. The number of nitrogens with zero attached hydrogens (tertiary/aromatic N) is 3. The standard InChI is InChI=1S/C27H30N4O3/c1-4-34-25-8-6-5-7-22(25)18-28-26(32)13-14-30-15-16-31-24(27(30)33)17-23(29-31)21-11-9-20(10-12-21)19(2)3/h5-12,15-17,19H,4,13-14,18H2,1-3H3,(H,28,32). The molecule has 0 saturated carbocycles. The van der Waals surface area contributed by atoms with E-state index in [0.717, 1.165) is 22.6 Å².